The monoisotopic (exact) mass is 395 g/mol. The molecule has 5 nitrogen and oxygen atoms in total. The topological polar surface area (TPSA) is 62.3 Å². The minimum absolute atomic E-state index is 0.00135. The van der Waals surface area contributed by atoms with Gasteiger partial charge in [0.15, 0.2) is 5.82 Å². The molecule has 0 bridgehead atoms. The lowest BCUT2D eigenvalue weighted by molar-refractivity contribution is 0.568. The van der Waals surface area contributed by atoms with Gasteiger partial charge in [-0.05, 0) is 44.6 Å². The summed E-state index contributed by atoms with van der Waals surface area (Å²) >= 11 is 0. The zero-order valence-electron chi connectivity index (χ0n) is 18.9. The summed E-state index contributed by atoms with van der Waals surface area (Å²) < 4.78 is 2.40. The summed E-state index contributed by atoms with van der Waals surface area (Å²) in [5, 5.41) is 10.2. The maximum absolute atomic E-state index is 5.07. The van der Waals surface area contributed by atoms with Crippen molar-refractivity contribution in [2.24, 2.45) is 0 Å². The molecule has 158 valence electrons. The average molecular weight is 396 g/mol. The lowest BCUT2D eigenvalue weighted by atomic mass is 9.89. The van der Waals surface area contributed by atoms with Crippen LogP contribution in [0.4, 0.5) is 0 Å². The molecule has 2 heterocycles. The predicted molar refractivity (Wildman–Crippen MR) is 121 cm³/mol. The molecule has 2 aromatic rings. The Balaban J connectivity index is 1.93. The summed E-state index contributed by atoms with van der Waals surface area (Å²) in [5.41, 5.74) is 6.25. The van der Waals surface area contributed by atoms with Crippen LogP contribution in [0.15, 0.2) is 30.4 Å². The van der Waals surface area contributed by atoms with Crippen LogP contribution in [0.2, 0.25) is 0 Å². The van der Waals surface area contributed by atoms with Crippen molar-refractivity contribution in [3.8, 4) is 0 Å². The first-order valence-electron chi connectivity index (χ1n) is 10.9. The van der Waals surface area contributed by atoms with Crippen LogP contribution < -0.4 is 0 Å². The van der Waals surface area contributed by atoms with E-state index in [0.717, 1.165) is 62.2 Å². The first-order chi connectivity index (χ1) is 13.7. The Bertz CT molecular complexity index is 888. The van der Waals surface area contributed by atoms with E-state index in [1.165, 1.54) is 22.7 Å². The summed E-state index contributed by atoms with van der Waals surface area (Å²) in [7, 11) is 0. The van der Waals surface area contributed by atoms with Crippen LogP contribution in [-0.4, -0.2) is 25.0 Å². The number of H-pyrrole nitrogens is 2. The fourth-order valence-corrected chi connectivity index (χ4v) is 4.27. The number of rotatable bonds is 6. The second-order valence-electron chi connectivity index (χ2n) is 9.48. The zero-order chi connectivity index (χ0) is 21.2. The maximum atomic E-state index is 5.07. The highest BCUT2D eigenvalue weighted by Gasteiger charge is 2.27. The Morgan fingerprint density at radius 2 is 2.03 bits per heavy atom. The quantitative estimate of drug-likeness (QED) is 0.461. The Kier molecular flexibility index (Phi) is 6.35. The number of hydrogen-bond acceptors (Lipinski definition) is 2. The van der Waals surface area contributed by atoms with E-state index in [1.807, 2.05) is 0 Å². The Hall–Kier alpha value is -2.30. The van der Waals surface area contributed by atoms with Crippen LogP contribution in [0, 0.1) is 0 Å². The molecule has 1 unspecified atom stereocenters. The molecule has 0 radical (unpaired) electrons. The number of aromatic nitrogens is 5. The lowest BCUT2D eigenvalue weighted by Crippen LogP contribution is -2.15. The number of aromatic amines is 2. The van der Waals surface area contributed by atoms with Gasteiger partial charge in [-0.25, -0.2) is 10.2 Å². The van der Waals surface area contributed by atoms with Gasteiger partial charge >= 0.3 is 0 Å². The van der Waals surface area contributed by atoms with Gasteiger partial charge in [-0.2, -0.15) is 0 Å². The third-order valence-electron chi connectivity index (χ3n) is 5.84. The van der Waals surface area contributed by atoms with Gasteiger partial charge in [0.1, 0.15) is 5.82 Å². The molecule has 0 amide bonds. The van der Waals surface area contributed by atoms with E-state index in [1.54, 1.807) is 0 Å². The first kappa shape index (κ1) is 21.4. The van der Waals surface area contributed by atoms with Crippen molar-refractivity contribution >= 4 is 5.57 Å². The van der Waals surface area contributed by atoms with E-state index >= 15 is 0 Å². The molecule has 5 heteroatoms. The standard InChI is InChI=1S/C24H37N5/c1-8-10-20-25-22(24(5,6)7)21(16(2)3)29(20)14-13-18-12-9-11-17(4)19(15-18)23-26-28-27-23/h13,19,28H,2,4,8-12,14-15H2,1,3,5-7H3,(H,26,27)/b18-13+. The van der Waals surface area contributed by atoms with Gasteiger partial charge in [0, 0.05) is 24.3 Å². The van der Waals surface area contributed by atoms with Crippen molar-refractivity contribution in [2.75, 3.05) is 0 Å². The van der Waals surface area contributed by atoms with Crippen molar-refractivity contribution in [1.29, 1.82) is 0 Å². The van der Waals surface area contributed by atoms with Crippen molar-refractivity contribution in [2.45, 2.75) is 91.0 Å². The van der Waals surface area contributed by atoms with Crippen molar-refractivity contribution in [3.63, 3.8) is 0 Å². The summed E-state index contributed by atoms with van der Waals surface area (Å²) in [6.07, 6.45) is 8.85. The number of imidazole rings is 1. The number of hydrogen-bond donors (Lipinski definition) is 2. The van der Waals surface area contributed by atoms with Gasteiger partial charge in [-0.1, -0.05) is 58.1 Å². The number of allylic oxidation sites excluding steroid dienone is 4. The van der Waals surface area contributed by atoms with E-state index in [9.17, 15) is 0 Å². The van der Waals surface area contributed by atoms with Crippen LogP contribution >= 0.6 is 0 Å². The Labute approximate surface area is 175 Å². The largest absolute Gasteiger partial charge is 0.324 e. The highest BCUT2D eigenvalue weighted by molar-refractivity contribution is 5.62. The second kappa shape index (κ2) is 8.60. The third kappa shape index (κ3) is 4.65. The van der Waals surface area contributed by atoms with E-state index < -0.39 is 0 Å². The zero-order valence-corrected chi connectivity index (χ0v) is 18.9. The molecule has 1 fully saturated rings. The number of nitrogens with one attached hydrogen (secondary N) is 2. The first-order valence-corrected chi connectivity index (χ1v) is 10.9. The number of aryl methyl sites for hydroxylation is 1. The molecule has 0 aliphatic heterocycles. The maximum Gasteiger partial charge on any atom is 0.151 e. The number of nitrogens with zero attached hydrogens (tertiary/aromatic N) is 3. The molecule has 3 rings (SSSR count). The minimum atomic E-state index is 0.00135. The molecular formula is C24H37N5. The van der Waals surface area contributed by atoms with Crippen LogP contribution in [0.1, 0.15) is 95.7 Å². The second-order valence-corrected chi connectivity index (χ2v) is 9.48. The molecule has 2 aromatic heterocycles. The third-order valence-corrected chi connectivity index (χ3v) is 5.84. The van der Waals surface area contributed by atoms with E-state index in [4.69, 9.17) is 4.98 Å². The Morgan fingerprint density at radius 3 is 2.59 bits per heavy atom. The molecule has 2 N–H and O–H groups in total. The Morgan fingerprint density at radius 1 is 1.31 bits per heavy atom. The van der Waals surface area contributed by atoms with Crippen molar-refractivity contribution < 1.29 is 0 Å². The summed E-state index contributed by atoms with van der Waals surface area (Å²) in [4.78, 5) is 5.07. The molecule has 1 aliphatic carbocycles. The van der Waals surface area contributed by atoms with Gasteiger partial charge in [0.25, 0.3) is 0 Å². The molecule has 1 aliphatic rings. The van der Waals surface area contributed by atoms with E-state index in [2.05, 4.69) is 73.8 Å². The van der Waals surface area contributed by atoms with E-state index in [-0.39, 0.29) is 5.41 Å². The summed E-state index contributed by atoms with van der Waals surface area (Å²) in [5.74, 6) is 2.50. The van der Waals surface area contributed by atoms with Crippen molar-refractivity contribution in [1.82, 2.24) is 25.0 Å². The van der Waals surface area contributed by atoms with Gasteiger partial charge in [-0.15, -0.1) is 5.10 Å². The normalized spacial score (nSPS) is 19.7. The summed E-state index contributed by atoms with van der Waals surface area (Å²) in [6.45, 7) is 20.5. The predicted octanol–water partition coefficient (Wildman–Crippen LogP) is 6.06. The smallest absolute Gasteiger partial charge is 0.151 e. The molecule has 1 saturated carbocycles. The van der Waals surface area contributed by atoms with Crippen LogP contribution in [0.5, 0.6) is 0 Å². The lowest BCUT2D eigenvalue weighted by Gasteiger charge is -2.20. The van der Waals surface area contributed by atoms with Crippen LogP contribution in [0.25, 0.3) is 5.57 Å². The molecule has 1 atom stereocenters. The average Bonchev–Trinajstić information content (AvgIpc) is 2.86. The molecule has 0 saturated heterocycles. The van der Waals surface area contributed by atoms with Crippen molar-refractivity contribution in [3.05, 3.63) is 53.4 Å². The SMILES string of the molecule is C=C(C)c1c(C(C)(C)C)nc(CCC)n1C/C=C1\CCCC(=C)C(c2n[nH][nH]2)C1. The van der Waals surface area contributed by atoms with Gasteiger partial charge in [0.2, 0.25) is 0 Å². The fraction of sp³-hybridized carbons (Fsp3) is 0.583. The van der Waals surface area contributed by atoms with Crippen LogP contribution in [0.3, 0.4) is 0 Å². The molecule has 29 heavy (non-hydrogen) atoms. The molecular weight excluding hydrogens is 358 g/mol. The highest BCUT2D eigenvalue weighted by atomic mass is 15.4. The molecule has 0 spiro atoms. The minimum Gasteiger partial charge on any atom is -0.324 e. The van der Waals surface area contributed by atoms with Gasteiger partial charge in [0.05, 0.1) is 11.4 Å². The van der Waals surface area contributed by atoms with Gasteiger partial charge in [-0.3, -0.25) is 5.10 Å². The summed E-state index contributed by atoms with van der Waals surface area (Å²) in [6, 6.07) is 0. The highest BCUT2D eigenvalue weighted by Crippen LogP contribution is 2.36. The fourth-order valence-electron chi connectivity index (χ4n) is 4.27. The van der Waals surface area contributed by atoms with Crippen LogP contribution in [-0.2, 0) is 18.4 Å². The van der Waals surface area contributed by atoms with Gasteiger partial charge < -0.3 is 4.57 Å². The van der Waals surface area contributed by atoms with E-state index in [0.29, 0.717) is 5.92 Å². The molecule has 0 aromatic carbocycles.